The standard InChI is InChI=1S/C18H19NO5/c20-17(21)15-8-4-9-16(12-15)23-11-5-10-19-18(22)24-13-14-6-2-1-3-7-14/h1-4,6-9,12H,5,10-11,13H2,(H,19,22)(H,20,21). The predicted octanol–water partition coefficient (Wildman–Crippen LogP) is 3.08. The van der Waals surface area contributed by atoms with Crippen molar-refractivity contribution in [2.45, 2.75) is 13.0 Å². The van der Waals surface area contributed by atoms with Gasteiger partial charge in [-0.2, -0.15) is 0 Å². The maximum atomic E-state index is 11.5. The molecule has 0 unspecified atom stereocenters. The average molecular weight is 329 g/mol. The third-order valence-electron chi connectivity index (χ3n) is 3.15. The molecule has 24 heavy (non-hydrogen) atoms. The Bertz CT molecular complexity index is 672. The van der Waals surface area contributed by atoms with Crippen molar-refractivity contribution in [1.29, 1.82) is 0 Å². The third-order valence-corrected chi connectivity index (χ3v) is 3.15. The fraction of sp³-hybridized carbons (Fsp3) is 0.222. The number of alkyl carbamates (subject to hydrolysis) is 1. The van der Waals surface area contributed by atoms with Crippen LogP contribution in [0.2, 0.25) is 0 Å². The first-order valence-corrected chi connectivity index (χ1v) is 7.56. The van der Waals surface area contributed by atoms with Crippen molar-refractivity contribution in [3.8, 4) is 5.75 Å². The lowest BCUT2D eigenvalue weighted by Gasteiger charge is -2.08. The molecule has 2 aromatic carbocycles. The molecule has 0 saturated heterocycles. The summed E-state index contributed by atoms with van der Waals surface area (Å²) >= 11 is 0. The number of carbonyl (C=O) groups excluding carboxylic acids is 1. The van der Waals surface area contributed by atoms with Gasteiger partial charge < -0.3 is 19.9 Å². The van der Waals surface area contributed by atoms with Gasteiger partial charge in [0.2, 0.25) is 0 Å². The zero-order chi connectivity index (χ0) is 17.2. The van der Waals surface area contributed by atoms with Crippen molar-refractivity contribution in [1.82, 2.24) is 5.32 Å². The molecule has 1 amide bonds. The molecule has 0 spiro atoms. The Morgan fingerprint density at radius 2 is 1.83 bits per heavy atom. The summed E-state index contributed by atoms with van der Waals surface area (Å²) in [5.41, 5.74) is 1.10. The van der Waals surface area contributed by atoms with Crippen LogP contribution in [0.5, 0.6) is 5.75 Å². The van der Waals surface area contributed by atoms with E-state index in [1.165, 1.54) is 12.1 Å². The van der Waals surface area contributed by atoms with Crippen LogP contribution in [0.1, 0.15) is 22.3 Å². The summed E-state index contributed by atoms with van der Waals surface area (Å²) in [7, 11) is 0. The van der Waals surface area contributed by atoms with Gasteiger partial charge in [-0.15, -0.1) is 0 Å². The van der Waals surface area contributed by atoms with E-state index in [2.05, 4.69) is 5.32 Å². The first-order chi connectivity index (χ1) is 11.6. The van der Waals surface area contributed by atoms with E-state index in [-0.39, 0.29) is 12.2 Å². The summed E-state index contributed by atoms with van der Waals surface area (Å²) in [6.45, 7) is 0.999. The van der Waals surface area contributed by atoms with Gasteiger partial charge in [0.15, 0.2) is 0 Å². The van der Waals surface area contributed by atoms with Gasteiger partial charge in [-0.25, -0.2) is 9.59 Å². The molecule has 126 valence electrons. The first kappa shape index (κ1) is 17.3. The minimum atomic E-state index is -0.997. The topological polar surface area (TPSA) is 84.9 Å². The molecule has 2 aromatic rings. The third kappa shape index (κ3) is 6.00. The van der Waals surface area contributed by atoms with E-state index in [0.29, 0.717) is 25.3 Å². The summed E-state index contributed by atoms with van der Waals surface area (Å²) in [4.78, 5) is 22.4. The Labute approximate surface area is 140 Å². The Kier molecular flexibility index (Phi) is 6.64. The summed E-state index contributed by atoms with van der Waals surface area (Å²) in [6.07, 6.45) is 0.101. The maximum absolute atomic E-state index is 11.5. The van der Waals surface area contributed by atoms with Crippen molar-refractivity contribution in [2.75, 3.05) is 13.2 Å². The SMILES string of the molecule is O=C(NCCCOc1cccc(C(=O)O)c1)OCc1ccccc1. The lowest BCUT2D eigenvalue weighted by molar-refractivity contribution is 0.0696. The van der Waals surface area contributed by atoms with E-state index >= 15 is 0 Å². The normalized spacial score (nSPS) is 10.0. The highest BCUT2D eigenvalue weighted by molar-refractivity contribution is 5.87. The van der Waals surface area contributed by atoms with E-state index < -0.39 is 12.1 Å². The molecule has 2 N–H and O–H groups in total. The largest absolute Gasteiger partial charge is 0.494 e. The van der Waals surface area contributed by atoms with Crippen LogP contribution in [0.15, 0.2) is 54.6 Å². The number of aromatic carboxylic acids is 1. The molecule has 0 aliphatic rings. The molecule has 0 bridgehead atoms. The van der Waals surface area contributed by atoms with Gasteiger partial charge in [-0.3, -0.25) is 0 Å². The average Bonchev–Trinajstić information content (AvgIpc) is 2.61. The number of carboxylic acid groups (broad SMARTS) is 1. The smallest absolute Gasteiger partial charge is 0.407 e. The minimum absolute atomic E-state index is 0.176. The Balaban J connectivity index is 1.60. The zero-order valence-corrected chi connectivity index (χ0v) is 13.1. The molecule has 0 atom stereocenters. The lowest BCUT2D eigenvalue weighted by atomic mass is 10.2. The summed E-state index contributed by atoms with van der Waals surface area (Å²) in [6, 6.07) is 15.7. The van der Waals surface area contributed by atoms with Gasteiger partial charge in [-0.1, -0.05) is 36.4 Å². The van der Waals surface area contributed by atoms with Crippen molar-refractivity contribution < 1.29 is 24.2 Å². The van der Waals surface area contributed by atoms with Gasteiger partial charge in [0.25, 0.3) is 0 Å². The number of rotatable bonds is 8. The second-order valence-electron chi connectivity index (χ2n) is 5.02. The molecule has 6 nitrogen and oxygen atoms in total. The van der Waals surface area contributed by atoms with Gasteiger partial charge in [0, 0.05) is 6.54 Å². The number of benzene rings is 2. The summed E-state index contributed by atoms with van der Waals surface area (Å²) in [5, 5.41) is 11.5. The Morgan fingerprint density at radius 1 is 1.04 bits per heavy atom. The van der Waals surface area contributed by atoms with Crippen molar-refractivity contribution in [2.24, 2.45) is 0 Å². The summed E-state index contributed by atoms with van der Waals surface area (Å²) in [5.74, 6) is -0.509. The number of carboxylic acids is 1. The molecule has 0 saturated carbocycles. The predicted molar refractivity (Wildman–Crippen MR) is 88.1 cm³/mol. The molecule has 0 fully saturated rings. The number of nitrogens with one attached hydrogen (secondary N) is 1. The van der Waals surface area contributed by atoms with E-state index in [9.17, 15) is 9.59 Å². The van der Waals surface area contributed by atoms with Crippen LogP contribution < -0.4 is 10.1 Å². The van der Waals surface area contributed by atoms with Crippen LogP contribution in [0, 0.1) is 0 Å². The minimum Gasteiger partial charge on any atom is -0.494 e. The molecule has 6 heteroatoms. The van der Waals surface area contributed by atoms with Gasteiger partial charge >= 0.3 is 12.1 Å². The quantitative estimate of drug-likeness (QED) is 0.727. The molecule has 2 rings (SSSR count). The first-order valence-electron chi connectivity index (χ1n) is 7.56. The molecule has 0 heterocycles. The molecular weight excluding hydrogens is 310 g/mol. The maximum Gasteiger partial charge on any atom is 0.407 e. The van der Waals surface area contributed by atoms with Gasteiger partial charge in [-0.05, 0) is 30.2 Å². The zero-order valence-electron chi connectivity index (χ0n) is 13.1. The molecule has 0 aliphatic heterocycles. The number of carbonyl (C=O) groups is 2. The molecule has 0 aliphatic carbocycles. The van der Waals surface area contributed by atoms with Crippen LogP contribution in [0.3, 0.4) is 0 Å². The van der Waals surface area contributed by atoms with E-state index in [1.54, 1.807) is 12.1 Å². The van der Waals surface area contributed by atoms with Gasteiger partial charge in [0.1, 0.15) is 12.4 Å². The highest BCUT2D eigenvalue weighted by Crippen LogP contribution is 2.13. The molecule has 0 radical (unpaired) electrons. The lowest BCUT2D eigenvalue weighted by Crippen LogP contribution is -2.26. The Morgan fingerprint density at radius 3 is 2.58 bits per heavy atom. The van der Waals surface area contributed by atoms with Crippen LogP contribution in [-0.4, -0.2) is 30.3 Å². The van der Waals surface area contributed by atoms with Crippen LogP contribution in [0.25, 0.3) is 0 Å². The summed E-state index contributed by atoms with van der Waals surface area (Å²) < 4.78 is 10.5. The van der Waals surface area contributed by atoms with E-state index in [0.717, 1.165) is 5.56 Å². The van der Waals surface area contributed by atoms with Crippen LogP contribution >= 0.6 is 0 Å². The number of ether oxygens (including phenoxy) is 2. The highest BCUT2D eigenvalue weighted by Gasteiger charge is 2.04. The van der Waals surface area contributed by atoms with Gasteiger partial charge in [0.05, 0.1) is 12.2 Å². The van der Waals surface area contributed by atoms with Crippen LogP contribution in [-0.2, 0) is 11.3 Å². The van der Waals surface area contributed by atoms with Crippen molar-refractivity contribution >= 4 is 12.1 Å². The van der Waals surface area contributed by atoms with E-state index in [4.69, 9.17) is 14.6 Å². The number of hydrogen-bond acceptors (Lipinski definition) is 4. The highest BCUT2D eigenvalue weighted by atomic mass is 16.5. The van der Waals surface area contributed by atoms with Crippen LogP contribution in [0.4, 0.5) is 4.79 Å². The van der Waals surface area contributed by atoms with Crippen molar-refractivity contribution in [3.05, 3.63) is 65.7 Å². The fourth-order valence-electron chi connectivity index (χ4n) is 1.95. The Hall–Kier alpha value is -3.02. The molecule has 0 aromatic heterocycles. The number of hydrogen-bond donors (Lipinski definition) is 2. The molecular formula is C18H19NO5. The van der Waals surface area contributed by atoms with Crippen molar-refractivity contribution in [3.63, 3.8) is 0 Å². The second-order valence-corrected chi connectivity index (χ2v) is 5.02. The fourth-order valence-corrected chi connectivity index (χ4v) is 1.95. The second kappa shape index (κ2) is 9.19. The number of amides is 1. The van der Waals surface area contributed by atoms with E-state index in [1.807, 2.05) is 30.3 Å². The monoisotopic (exact) mass is 329 g/mol.